The molecule has 0 saturated heterocycles. The summed E-state index contributed by atoms with van der Waals surface area (Å²) in [6.45, 7) is 3.15. The highest BCUT2D eigenvalue weighted by molar-refractivity contribution is 5.97. The van der Waals surface area contributed by atoms with Crippen molar-refractivity contribution in [3.8, 4) is 28.4 Å². The van der Waals surface area contributed by atoms with E-state index in [1.165, 1.54) is 25.7 Å². The molecule has 0 fully saturated rings. The highest BCUT2D eigenvalue weighted by Crippen LogP contribution is 2.50. The number of methoxy groups -OCH3 is 3. The summed E-state index contributed by atoms with van der Waals surface area (Å²) in [4.78, 5) is 47.4. The number of imidazole rings is 1. The number of anilines is 2. The minimum absolute atomic E-state index is 0.214. The minimum atomic E-state index is -0.763. The number of nitrogens with one attached hydrogen (secondary N) is 4. The van der Waals surface area contributed by atoms with Crippen LogP contribution in [0, 0.1) is 0 Å². The molecule has 1 aliphatic rings. The number of benzene rings is 3. The summed E-state index contributed by atoms with van der Waals surface area (Å²) in [5.74, 6) is 1.75. The predicted molar refractivity (Wildman–Crippen MR) is 194 cm³/mol. The number of carbonyl (C=O) groups is 2. The molecule has 6 rings (SSSR count). The van der Waals surface area contributed by atoms with Crippen LogP contribution in [0.3, 0.4) is 0 Å². The number of carbonyl (C=O) groups excluding carboxylic acids is 2. The van der Waals surface area contributed by atoms with Crippen LogP contribution in [-0.2, 0) is 28.9 Å². The van der Waals surface area contributed by atoms with Crippen LogP contribution in [0.4, 0.5) is 11.4 Å². The van der Waals surface area contributed by atoms with Crippen molar-refractivity contribution in [3.05, 3.63) is 106 Å². The minimum Gasteiger partial charge on any atom is -0.493 e. The van der Waals surface area contributed by atoms with Gasteiger partial charge < -0.3 is 35.1 Å². The van der Waals surface area contributed by atoms with E-state index in [9.17, 15) is 14.4 Å². The van der Waals surface area contributed by atoms with E-state index in [0.717, 1.165) is 40.8 Å². The molecule has 50 heavy (non-hydrogen) atoms. The van der Waals surface area contributed by atoms with Crippen LogP contribution in [0.2, 0.25) is 0 Å². The van der Waals surface area contributed by atoms with Crippen LogP contribution in [0.15, 0.2) is 77.6 Å². The molecule has 5 aromatic rings. The molecule has 4 aromatic carbocycles. The number of amides is 2. The third-order valence-corrected chi connectivity index (χ3v) is 8.97. The van der Waals surface area contributed by atoms with Crippen LogP contribution in [-0.4, -0.2) is 49.2 Å². The lowest BCUT2D eigenvalue weighted by molar-refractivity contribution is -0.119. The Labute approximate surface area is 290 Å². The van der Waals surface area contributed by atoms with E-state index in [-0.39, 0.29) is 22.9 Å². The van der Waals surface area contributed by atoms with Crippen molar-refractivity contribution in [1.82, 2.24) is 15.3 Å². The second-order valence-corrected chi connectivity index (χ2v) is 12.4. The Morgan fingerprint density at radius 3 is 2.44 bits per heavy atom. The molecule has 0 saturated carbocycles. The fourth-order valence-corrected chi connectivity index (χ4v) is 6.54. The van der Waals surface area contributed by atoms with Crippen molar-refractivity contribution in [2.45, 2.75) is 51.6 Å². The maximum absolute atomic E-state index is 13.7. The van der Waals surface area contributed by atoms with Gasteiger partial charge >= 0.3 is 0 Å². The largest absolute Gasteiger partial charge is 0.493 e. The Kier molecular flexibility index (Phi) is 10.0. The summed E-state index contributed by atoms with van der Waals surface area (Å²) in [6, 6.07) is 21.5. The van der Waals surface area contributed by atoms with E-state index < -0.39 is 12.1 Å². The topological polar surface area (TPSA) is 144 Å². The van der Waals surface area contributed by atoms with E-state index in [1.807, 2.05) is 48.5 Å². The summed E-state index contributed by atoms with van der Waals surface area (Å²) in [6.07, 6.45) is 2.76. The lowest BCUT2D eigenvalue weighted by atomic mass is 9.95. The van der Waals surface area contributed by atoms with Gasteiger partial charge in [-0.2, -0.15) is 0 Å². The Balaban J connectivity index is 1.26. The lowest BCUT2D eigenvalue weighted by Gasteiger charge is -2.19. The van der Waals surface area contributed by atoms with Gasteiger partial charge in [0.05, 0.1) is 44.1 Å². The third-order valence-electron chi connectivity index (χ3n) is 8.97. The quantitative estimate of drug-likeness (QED) is 0.134. The summed E-state index contributed by atoms with van der Waals surface area (Å²) < 4.78 is 17.1. The zero-order chi connectivity index (χ0) is 35.4. The molecule has 2 amide bonds. The molecule has 0 radical (unpaired) electrons. The van der Waals surface area contributed by atoms with Crippen molar-refractivity contribution < 1.29 is 23.8 Å². The third kappa shape index (κ3) is 7.12. The van der Waals surface area contributed by atoms with Crippen LogP contribution in [0.1, 0.15) is 48.8 Å². The SMILES string of the molecule is COc1cc2c(c(OC)c1OC)-c1ccc(NC(C)C(=O)Nc3ccc4nc(CCc5ccccc5)[nH]c4c3)c(=O)cc1C(NC(C)=O)CC2. The summed E-state index contributed by atoms with van der Waals surface area (Å²) in [5, 5.41) is 9.06. The number of rotatable bonds is 11. The molecular weight excluding hydrogens is 634 g/mol. The Morgan fingerprint density at radius 2 is 1.72 bits per heavy atom. The first-order chi connectivity index (χ1) is 24.2. The lowest BCUT2D eigenvalue weighted by Crippen LogP contribution is -2.33. The molecule has 1 aliphatic carbocycles. The average molecular weight is 676 g/mol. The van der Waals surface area contributed by atoms with Crippen molar-refractivity contribution in [2.24, 2.45) is 0 Å². The van der Waals surface area contributed by atoms with Crippen molar-refractivity contribution in [1.29, 1.82) is 0 Å². The van der Waals surface area contributed by atoms with Gasteiger partial charge in [-0.1, -0.05) is 36.4 Å². The molecular formula is C39H41N5O6. The van der Waals surface area contributed by atoms with Crippen molar-refractivity contribution >= 4 is 34.2 Å². The number of ether oxygens (including phenoxy) is 3. The maximum atomic E-state index is 13.7. The Hall–Kier alpha value is -5.84. The van der Waals surface area contributed by atoms with Gasteiger partial charge in [0.1, 0.15) is 11.9 Å². The van der Waals surface area contributed by atoms with Gasteiger partial charge in [0.15, 0.2) is 11.5 Å². The standard InChI is InChI=1S/C39H41N5O6/c1-22(39(47)42-26-13-16-30-32(20-26)44-35(43-30)18-11-24-9-7-6-8-10-24)40-31-17-14-27-28(21-33(31)46)29(41-23(2)45)15-12-25-19-34(48-3)37(49-4)38(50-5)36(25)27/h6-10,13-14,16-17,19-22,29H,11-12,15,18H2,1-5H3,(H,40,46)(H,41,45)(H,42,47)(H,43,44). The number of aromatic amines is 1. The molecule has 4 N–H and O–H groups in total. The number of nitrogens with zero attached hydrogens (tertiary/aromatic N) is 1. The first-order valence-electron chi connectivity index (χ1n) is 16.6. The predicted octanol–water partition coefficient (Wildman–Crippen LogP) is 5.96. The molecule has 0 aliphatic heterocycles. The number of hydrogen-bond donors (Lipinski definition) is 4. The zero-order valence-corrected chi connectivity index (χ0v) is 28.8. The van der Waals surface area contributed by atoms with Crippen LogP contribution >= 0.6 is 0 Å². The number of fused-ring (bicyclic) bond motifs is 4. The van der Waals surface area contributed by atoms with Gasteiger partial charge in [-0.15, -0.1) is 0 Å². The van der Waals surface area contributed by atoms with E-state index in [1.54, 1.807) is 27.2 Å². The molecule has 11 heteroatoms. The molecule has 1 heterocycles. The summed E-state index contributed by atoms with van der Waals surface area (Å²) in [5.41, 5.74) is 6.40. The van der Waals surface area contributed by atoms with Crippen molar-refractivity contribution in [2.75, 3.05) is 32.0 Å². The van der Waals surface area contributed by atoms with Crippen molar-refractivity contribution in [3.63, 3.8) is 0 Å². The monoisotopic (exact) mass is 675 g/mol. The molecule has 0 spiro atoms. The van der Waals surface area contributed by atoms with Crippen LogP contribution in [0.5, 0.6) is 17.2 Å². The number of hydrogen-bond acceptors (Lipinski definition) is 8. The Morgan fingerprint density at radius 1 is 0.940 bits per heavy atom. The van der Waals surface area contributed by atoms with Crippen LogP contribution < -0.4 is 35.6 Å². The fourth-order valence-electron chi connectivity index (χ4n) is 6.54. The molecule has 2 unspecified atom stereocenters. The summed E-state index contributed by atoms with van der Waals surface area (Å²) in [7, 11) is 4.65. The van der Waals surface area contributed by atoms with E-state index >= 15 is 0 Å². The highest BCUT2D eigenvalue weighted by atomic mass is 16.5. The normalized spacial score (nSPS) is 14.1. The van der Waals surface area contributed by atoms with Gasteiger partial charge in [-0.3, -0.25) is 14.4 Å². The second-order valence-electron chi connectivity index (χ2n) is 12.4. The Bertz CT molecular complexity index is 2110. The number of aryl methyl sites for hydroxylation is 3. The molecule has 11 nitrogen and oxygen atoms in total. The first-order valence-corrected chi connectivity index (χ1v) is 16.6. The van der Waals surface area contributed by atoms with E-state index in [2.05, 4.69) is 33.1 Å². The van der Waals surface area contributed by atoms with Gasteiger partial charge in [0.25, 0.3) is 0 Å². The number of aromatic nitrogens is 2. The molecule has 2 atom stereocenters. The molecule has 1 aromatic heterocycles. The molecule has 258 valence electrons. The van der Waals surface area contributed by atoms with Gasteiger partial charge in [0, 0.05) is 24.6 Å². The summed E-state index contributed by atoms with van der Waals surface area (Å²) >= 11 is 0. The zero-order valence-electron chi connectivity index (χ0n) is 28.8. The van der Waals surface area contributed by atoms with Crippen LogP contribution in [0.25, 0.3) is 22.2 Å². The van der Waals surface area contributed by atoms with Gasteiger partial charge in [-0.05, 0) is 84.8 Å². The van der Waals surface area contributed by atoms with E-state index in [4.69, 9.17) is 19.2 Å². The second kappa shape index (κ2) is 14.7. The van der Waals surface area contributed by atoms with Gasteiger partial charge in [0.2, 0.25) is 23.0 Å². The number of H-pyrrole nitrogens is 1. The smallest absolute Gasteiger partial charge is 0.246 e. The van der Waals surface area contributed by atoms with E-state index in [0.29, 0.717) is 46.9 Å². The highest BCUT2D eigenvalue weighted by Gasteiger charge is 2.29. The molecule has 0 bridgehead atoms. The van der Waals surface area contributed by atoms with Gasteiger partial charge in [-0.25, -0.2) is 4.98 Å². The first kappa shape index (κ1) is 34.0. The fraction of sp³-hybridized carbons (Fsp3) is 0.282. The average Bonchev–Trinajstić information content (AvgIpc) is 3.38. The maximum Gasteiger partial charge on any atom is 0.246 e.